The number of fused-ring (bicyclic) bond motifs is 8. The molecule has 1 heterocycles. The summed E-state index contributed by atoms with van der Waals surface area (Å²) >= 11 is 0. The van der Waals surface area contributed by atoms with Crippen LogP contribution in [-0.4, -0.2) is 14.1 Å². The Hall–Kier alpha value is -3.11. The Balaban J connectivity index is 0.00000289. The molecule has 0 saturated carbocycles. The van der Waals surface area contributed by atoms with E-state index >= 15 is 0 Å². The zero-order valence-electron chi connectivity index (χ0n) is 18.9. The molecular formula is C28H20F4N2Pt+2. The quantitative estimate of drug-likeness (QED) is 0.153. The molecule has 0 amide bonds. The van der Waals surface area contributed by atoms with Gasteiger partial charge in [-0.15, -0.1) is 23.3 Å². The van der Waals surface area contributed by atoms with E-state index in [-0.39, 0.29) is 56.4 Å². The van der Waals surface area contributed by atoms with Crippen LogP contribution in [0.1, 0.15) is 11.1 Å². The first-order valence-electron chi connectivity index (χ1n) is 10.7. The molecule has 5 rings (SSSR count). The van der Waals surface area contributed by atoms with Crippen molar-refractivity contribution in [1.29, 1.82) is 0 Å². The number of nitrogens with zero attached hydrogens (tertiary/aromatic N) is 2. The summed E-state index contributed by atoms with van der Waals surface area (Å²) in [6, 6.07) is 21.6. The van der Waals surface area contributed by atoms with Crippen LogP contribution in [0.5, 0.6) is 0 Å². The fourth-order valence-electron chi connectivity index (χ4n) is 4.38. The van der Waals surface area contributed by atoms with Gasteiger partial charge in [-0.3, -0.25) is 17.6 Å². The van der Waals surface area contributed by atoms with E-state index in [4.69, 9.17) is 0 Å². The minimum atomic E-state index is -0.737. The van der Waals surface area contributed by atoms with Crippen molar-refractivity contribution >= 4 is 11.4 Å². The summed E-state index contributed by atoms with van der Waals surface area (Å²) < 4.78 is 59.5. The molecule has 1 aliphatic heterocycles. The topological polar surface area (TPSA) is 6.48 Å². The molecule has 2 nitrogen and oxygen atoms in total. The van der Waals surface area contributed by atoms with E-state index in [2.05, 4.69) is 12.1 Å². The Morgan fingerprint density at radius 2 is 0.971 bits per heavy atom. The van der Waals surface area contributed by atoms with Gasteiger partial charge in [-0.2, -0.15) is 0 Å². The van der Waals surface area contributed by atoms with Crippen molar-refractivity contribution in [3.05, 3.63) is 107 Å². The Kier molecular flexibility index (Phi) is 7.04. The molecular weight excluding hydrogens is 635 g/mol. The van der Waals surface area contributed by atoms with Gasteiger partial charge < -0.3 is 9.80 Å². The van der Waals surface area contributed by atoms with Crippen LogP contribution in [0.3, 0.4) is 0 Å². The molecule has 0 saturated heterocycles. The van der Waals surface area contributed by atoms with Gasteiger partial charge in [0.2, 0.25) is 0 Å². The fourth-order valence-corrected chi connectivity index (χ4v) is 4.38. The normalized spacial score (nSPS) is 12.9. The van der Waals surface area contributed by atoms with E-state index in [1.165, 1.54) is 0 Å². The van der Waals surface area contributed by atoms with E-state index in [9.17, 15) is 17.6 Å². The fraction of sp³-hybridized carbons (Fsp3) is 0.143. The molecule has 4 bridgehead atoms. The maximum Gasteiger partial charge on any atom is 4.00 e. The predicted octanol–water partition coefficient (Wildman–Crippen LogP) is 6.76. The largest absolute Gasteiger partial charge is 4.00 e. The number of para-hydroxylation sites is 2. The van der Waals surface area contributed by atoms with Gasteiger partial charge >= 0.3 is 21.1 Å². The van der Waals surface area contributed by atoms with E-state index in [1.807, 2.05) is 0 Å². The summed E-state index contributed by atoms with van der Waals surface area (Å²) in [5.41, 5.74) is 2.78. The van der Waals surface area contributed by atoms with Gasteiger partial charge in [0.05, 0.1) is 0 Å². The molecule has 178 valence electrons. The summed E-state index contributed by atoms with van der Waals surface area (Å²) in [6.45, 7) is 0.119. The summed E-state index contributed by atoms with van der Waals surface area (Å²) in [5, 5.41) is 0. The Morgan fingerprint density at radius 3 is 1.37 bits per heavy atom. The molecule has 0 N–H and O–H groups in total. The molecule has 0 unspecified atom stereocenters. The monoisotopic (exact) mass is 655 g/mol. The molecule has 4 aromatic carbocycles. The Bertz CT molecular complexity index is 1300. The number of benzene rings is 4. The van der Waals surface area contributed by atoms with Crippen LogP contribution >= 0.6 is 0 Å². The van der Waals surface area contributed by atoms with Crippen molar-refractivity contribution in [1.82, 2.24) is 0 Å². The zero-order valence-corrected chi connectivity index (χ0v) is 21.2. The van der Waals surface area contributed by atoms with Gasteiger partial charge in [0, 0.05) is 61.8 Å². The van der Waals surface area contributed by atoms with Crippen molar-refractivity contribution in [3.8, 4) is 22.3 Å². The number of hydrogen-bond acceptors (Lipinski definition) is 2. The van der Waals surface area contributed by atoms with Crippen molar-refractivity contribution in [2.75, 3.05) is 23.9 Å². The molecule has 0 aliphatic carbocycles. The third-order valence-electron chi connectivity index (χ3n) is 6.07. The SMILES string of the molecule is CN1Cc2[c-]c(c(F)cc2F)-c2ccccc2N(C)Cc2[c-]c(c(F)cc2F)-c2ccccc21.[Pt+4]. The zero-order chi connectivity index (χ0) is 24.0. The maximum absolute atomic E-state index is 15.0. The third kappa shape index (κ3) is 4.60. The molecule has 7 heteroatoms. The van der Waals surface area contributed by atoms with E-state index in [0.717, 1.165) is 12.1 Å². The molecule has 0 fully saturated rings. The first-order valence-corrected chi connectivity index (χ1v) is 10.7. The number of anilines is 2. The molecule has 0 spiro atoms. The van der Waals surface area contributed by atoms with Crippen molar-refractivity contribution in [2.24, 2.45) is 0 Å². The average Bonchev–Trinajstić information content (AvgIpc) is 2.82. The van der Waals surface area contributed by atoms with Gasteiger partial charge in [0.1, 0.15) is 0 Å². The summed E-state index contributed by atoms with van der Waals surface area (Å²) in [5.74, 6) is -2.91. The van der Waals surface area contributed by atoms with Crippen LogP contribution in [0.25, 0.3) is 22.3 Å². The molecule has 1 aliphatic rings. The van der Waals surface area contributed by atoms with E-state index < -0.39 is 23.3 Å². The van der Waals surface area contributed by atoms with Gasteiger partial charge in [0.25, 0.3) is 0 Å². The van der Waals surface area contributed by atoms with Gasteiger partial charge in [-0.05, 0) is 12.1 Å². The third-order valence-corrected chi connectivity index (χ3v) is 6.07. The smallest absolute Gasteiger partial charge is 0.379 e. The van der Waals surface area contributed by atoms with Crippen LogP contribution in [0, 0.1) is 35.4 Å². The summed E-state index contributed by atoms with van der Waals surface area (Å²) in [7, 11) is 3.45. The van der Waals surface area contributed by atoms with Crippen molar-refractivity contribution < 1.29 is 38.6 Å². The van der Waals surface area contributed by atoms with Crippen molar-refractivity contribution in [2.45, 2.75) is 13.1 Å². The van der Waals surface area contributed by atoms with Gasteiger partial charge in [-0.25, -0.2) is 0 Å². The van der Waals surface area contributed by atoms with Crippen LogP contribution in [-0.2, 0) is 34.2 Å². The standard InChI is InChI=1S/C28H20F4N2.Pt/c1-33-15-17-11-22(26(32)13-23(17)29)20-8-4-6-10-28(20)34(2)16-18-12-21(25(31)14-24(18)30)19-7-3-5-9-27(19)33;/h3-10,13-14H,15-16H2,1-2H3;/q-2;+4. The summed E-state index contributed by atoms with van der Waals surface area (Å²) in [6.07, 6.45) is 0. The van der Waals surface area contributed by atoms with Crippen LogP contribution < -0.4 is 9.80 Å². The van der Waals surface area contributed by atoms with Gasteiger partial charge in [0.15, 0.2) is 0 Å². The Morgan fingerprint density at radius 1 is 0.600 bits per heavy atom. The molecule has 4 aromatic rings. The number of halogens is 4. The minimum absolute atomic E-state index is 0. The second kappa shape index (κ2) is 9.86. The molecule has 35 heavy (non-hydrogen) atoms. The van der Waals surface area contributed by atoms with E-state index in [0.29, 0.717) is 22.5 Å². The second-order valence-corrected chi connectivity index (χ2v) is 8.38. The van der Waals surface area contributed by atoms with Crippen molar-refractivity contribution in [3.63, 3.8) is 0 Å². The average molecular weight is 656 g/mol. The first-order chi connectivity index (χ1) is 16.3. The Labute approximate surface area is 216 Å². The molecule has 0 radical (unpaired) electrons. The first kappa shape index (κ1) is 25.0. The second-order valence-electron chi connectivity index (χ2n) is 8.38. The van der Waals surface area contributed by atoms with Crippen LogP contribution in [0.4, 0.5) is 28.9 Å². The number of rotatable bonds is 0. The minimum Gasteiger partial charge on any atom is -0.379 e. The summed E-state index contributed by atoms with van der Waals surface area (Å²) in [4.78, 5) is 3.46. The van der Waals surface area contributed by atoms with Gasteiger partial charge in [-0.1, -0.05) is 70.8 Å². The van der Waals surface area contributed by atoms with E-state index in [1.54, 1.807) is 72.4 Å². The molecule has 0 aromatic heterocycles. The maximum atomic E-state index is 15.0. The van der Waals surface area contributed by atoms with Crippen LogP contribution in [0.2, 0.25) is 0 Å². The molecule has 0 atom stereocenters. The predicted molar refractivity (Wildman–Crippen MR) is 125 cm³/mol. The number of hydrogen-bond donors (Lipinski definition) is 0. The van der Waals surface area contributed by atoms with Crippen LogP contribution in [0.15, 0.2) is 60.7 Å².